The highest BCUT2D eigenvalue weighted by Gasteiger charge is 1.98. The fourth-order valence-electron chi connectivity index (χ4n) is 3.17. The van der Waals surface area contributed by atoms with Gasteiger partial charge in [0.2, 0.25) is 0 Å². The van der Waals surface area contributed by atoms with Gasteiger partial charge in [-0.25, -0.2) is 0 Å². The monoisotopic (exact) mass is 372 g/mol. The molecule has 0 bridgehead atoms. The number of hydrogen-bond acceptors (Lipinski definition) is 1. The van der Waals surface area contributed by atoms with Crippen LogP contribution < -0.4 is 0 Å². The van der Waals surface area contributed by atoms with Crippen LogP contribution in [-0.2, 0) is 6.42 Å². The van der Waals surface area contributed by atoms with Crippen LogP contribution >= 0.6 is 11.3 Å². The summed E-state index contributed by atoms with van der Waals surface area (Å²) >= 11 is 1.77. The van der Waals surface area contributed by atoms with Crippen molar-refractivity contribution in [3.8, 4) is 22.3 Å². The molecule has 27 heavy (non-hydrogen) atoms. The molecule has 3 rings (SSSR count). The van der Waals surface area contributed by atoms with Crippen LogP contribution in [-0.4, -0.2) is 0 Å². The van der Waals surface area contributed by atoms with Gasteiger partial charge in [0.25, 0.3) is 0 Å². The van der Waals surface area contributed by atoms with Gasteiger partial charge in [-0.2, -0.15) is 0 Å². The second-order valence-corrected chi connectivity index (χ2v) is 7.97. The molecule has 0 fully saturated rings. The third-order valence-electron chi connectivity index (χ3n) is 4.81. The quantitative estimate of drug-likeness (QED) is 0.280. The van der Waals surface area contributed by atoms with Gasteiger partial charge in [-0.3, -0.25) is 0 Å². The largest absolute Gasteiger partial charge is 0.144 e. The van der Waals surface area contributed by atoms with Gasteiger partial charge in [0, 0.05) is 16.0 Å². The number of aryl methyl sites for hydroxylation is 1. The van der Waals surface area contributed by atoms with Gasteiger partial charge in [0.05, 0.1) is 0 Å². The molecule has 0 aliphatic heterocycles. The Labute approximate surface area is 168 Å². The minimum absolute atomic E-state index is 1.06. The molecule has 0 aliphatic carbocycles. The Hall–Kier alpha value is -2.30. The molecule has 1 heteroatoms. The van der Waals surface area contributed by atoms with E-state index in [-0.39, 0.29) is 0 Å². The van der Waals surface area contributed by atoms with Gasteiger partial charge in [-0.05, 0) is 59.7 Å². The molecule has 0 N–H and O–H groups in total. The van der Waals surface area contributed by atoms with Crippen LogP contribution in [0.2, 0.25) is 0 Å². The van der Waals surface area contributed by atoms with Gasteiger partial charge < -0.3 is 0 Å². The summed E-state index contributed by atoms with van der Waals surface area (Å²) in [5.74, 6) is 6.56. The van der Waals surface area contributed by atoms with Crippen molar-refractivity contribution in [2.75, 3.05) is 0 Å². The number of benzene rings is 2. The fraction of sp³-hybridized carbons (Fsp3) is 0.308. The van der Waals surface area contributed by atoms with E-state index >= 15 is 0 Å². The summed E-state index contributed by atoms with van der Waals surface area (Å²) in [6, 6.07) is 21.5. The predicted octanol–water partition coefficient (Wildman–Crippen LogP) is 7.72. The molecule has 0 radical (unpaired) electrons. The average Bonchev–Trinajstić information content (AvgIpc) is 3.25. The lowest BCUT2D eigenvalue weighted by molar-refractivity contribution is 0.607. The van der Waals surface area contributed by atoms with Crippen LogP contribution in [0.3, 0.4) is 0 Å². The van der Waals surface area contributed by atoms with Crippen LogP contribution in [0.4, 0.5) is 0 Å². The number of rotatable bonds is 8. The first kappa shape index (κ1) is 19.5. The van der Waals surface area contributed by atoms with Crippen LogP contribution in [0.25, 0.3) is 10.4 Å². The van der Waals surface area contributed by atoms with Gasteiger partial charge >= 0.3 is 0 Å². The summed E-state index contributed by atoms with van der Waals surface area (Å²) in [7, 11) is 0. The van der Waals surface area contributed by atoms with Gasteiger partial charge in [0.15, 0.2) is 0 Å². The number of hydrogen-bond donors (Lipinski definition) is 0. The molecular weight excluding hydrogens is 344 g/mol. The lowest BCUT2D eigenvalue weighted by atomic mass is 10.0. The molecular formula is C26H28S. The molecule has 0 saturated carbocycles. The summed E-state index contributed by atoms with van der Waals surface area (Å²) in [4.78, 5) is 1.30. The third kappa shape index (κ3) is 6.42. The van der Waals surface area contributed by atoms with E-state index in [2.05, 4.69) is 84.8 Å². The molecule has 0 aliphatic rings. The van der Waals surface area contributed by atoms with Crippen LogP contribution in [0, 0.1) is 11.8 Å². The first-order chi connectivity index (χ1) is 13.3. The second kappa shape index (κ2) is 10.8. The number of unbranched alkanes of at least 4 members (excludes halogenated alkanes) is 5. The zero-order valence-corrected chi connectivity index (χ0v) is 17.0. The predicted molar refractivity (Wildman–Crippen MR) is 119 cm³/mol. The maximum atomic E-state index is 3.29. The molecule has 2 aromatic carbocycles. The van der Waals surface area contributed by atoms with Crippen molar-refractivity contribution in [3.05, 3.63) is 82.7 Å². The lowest BCUT2D eigenvalue weighted by Gasteiger charge is -2.02. The standard InChI is InChI=1S/C26H28S/c1-2-3-4-5-6-7-9-22-11-13-23(14-12-22)15-16-24-17-19-25(20-18-24)26-10-8-21-27-26/h8,10-14,17-21H,2-7,9H2,1H3. The second-order valence-electron chi connectivity index (χ2n) is 7.02. The zero-order valence-electron chi connectivity index (χ0n) is 16.2. The highest BCUT2D eigenvalue weighted by atomic mass is 32.1. The minimum Gasteiger partial charge on any atom is -0.144 e. The summed E-state index contributed by atoms with van der Waals surface area (Å²) in [5.41, 5.74) is 4.83. The topological polar surface area (TPSA) is 0 Å². The summed E-state index contributed by atoms with van der Waals surface area (Å²) in [5, 5.41) is 2.11. The maximum absolute atomic E-state index is 3.29. The van der Waals surface area contributed by atoms with Gasteiger partial charge in [-0.15, -0.1) is 11.3 Å². The molecule has 0 unspecified atom stereocenters. The SMILES string of the molecule is CCCCCCCCc1ccc(C#Cc2ccc(-c3cccs3)cc2)cc1. The van der Waals surface area contributed by atoms with Gasteiger partial charge in [-0.1, -0.05) is 81.2 Å². The van der Waals surface area contributed by atoms with Crippen molar-refractivity contribution in [1.82, 2.24) is 0 Å². The fourth-order valence-corrected chi connectivity index (χ4v) is 3.90. The van der Waals surface area contributed by atoms with Crippen molar-refractivity contribution in [2.45, 2.75) is 51.9 Å². The Morgan fingerprint density at radius 2 is 1.33 bits per heavy atom. The summed E-state index contributed by atoms with van der Waals surface area (Å²) in [6.07, 6.45) is 9.30. The van der Waals surface area contributed by atoms with E-state index in [1.807, 2.05) is 0 Å². The van der Waals surface area contributed by atoms with Crippen molar-refractivity contribution >= 4 is 11.3 Å². The van der Waals surface area contributed by atoms with E-state index in [9.17, 15) is 0 Å². The maximum Gasteiger partial charge on any atom is 0.0342 e. The van der Waals surface area contributed by atoms with Crippen LogP contribution in [0.15, 0.2) is 66.0 Å². The molecule has 0 spiro atoms. The van der Waals surface area contributed by atoms with Crippen LogP contribution in [0.1, 0.15) is 62.1 Å². The molecule has 0 atom stereocenters. The van der Waals surface area contributed by atoms with E-state index in [4.69, 9.17) is 0 Å². The Balaban J connectivity index is 1.50. The molecule has 1 heterocycles. The number of thiophene rings is 1. The van der Waals surface area contributed by atoms with Gasteiger partial charge in [0.1, 0.15) is 0 Å². The molecule has 0 nitrogen and oxygen atoms in total. The normalized spacial score (nSPS) is 10.4. The Morgan fingerprint density at radius 3 is 1.96 bits per heavy atom. The van der Waals surface area contributed by atoms with Crippen molar-refractivity contribution < 1.29 is 0 Å². The Kier molecular flexibility index (Phi) is 7.75. The van der Waals surface area contributed by atoms with E-state index in [1.54, 1.807) is 11.3 Å². The molecule has 138 valence electrons. The lowest BCUT2D eigenvalue weighted by Crippen LogP contribution is -1.87. The van der Waals surface area contributed by atoms with E-state index in [0.29, 0.717) is 0 Å². The average molecular weight is 373 g/mol. The molecule has 3 aromatic rings. The zero-order chi connectivity index (χ0) is 18.7. The molecule has 0 amide bonds. The first-order valence-corrected chi connectivity index (χ1v) is 11.0. The minimum atomic E-state index is 1.06. The van der Waals surface area contributed by atoms with E-state index < -0.39 is 0 Å². The van der Waals surface area contributed by atoms with Crippen molar-refractivity contribution in [1.29, 1.82) is 0 Å². The third-order valence-corrected chi connectivity index (χ3v) is 5.73. The first-order valence-electron chi connectivity index (χ1n) is 10.1. The summed E-state index contributed by atoms with van der Waals surface area (Å²) < 4.78 is 0. The van der Waals surface area contributed by atoms with Crippen LogP contribution in [0.5, 0.6) is 0 Å². The molecule has 0 saturated heterocycles. The highest BCUT2D eigenvalue weighted by Crippen LogP contribution is 2.24. The molecule has 1 aromatic heterocycles. The van der Waals surface area contributed by atoms with E-state index in [1.165, 1.54) is 60.9 Å². The smallest absolute Gasteiger partial charge is 0.0342 e. The highest BCUT2D eigenvalue weighted by molar-refractivity contribution is 7.13. The Morgan fingerprint density at radius 1 is 0.704 bits per heavy atom. The van der Waals surface area contributed by atoms with E-state index in [0.717, 1.165) is 11.1 Å². The van der Waals surface area contributed by atoms with Crippen molar-refractivity contribution in [3.63, 3.8) is 0 Å². The Bertz CT molecular complexity index is 843. The van der Waals surface area contributed by atoms with Crippen molar-refractivity contribution in [2.24, 2.45) is 0 Å². The summed E-state index contributed by atoms with van der Waals surface area (Å²) in [6.45, 7) is 2.27.